The summed E-state index contributed by atoms with van der Waals surface area (Å²) in [6.07, 6.45) is 4.20. The second-order valence-electron chi connectivity index (χ2n) is 5.97. The van der Waals surface area contributed by atoms with Crippen molar-refractivity contribution in [3.63, 3.8) is 0 Å². The number of fused-ring (bicyclic) bond motifs is 1. The molecule has 24 heavy (non-hydrogen) atoms. The van der Waals surface area contributed by atoms with Crippen LogP contribution in [0, 0.1) is 10.1 Å². The number of rotatable bonds is 5. The van der Waals surface area contributed by atoms with E-state index in [0.717, 1.165) is 19.3 Å². The highest BCUT2D eigenvalue weighted by atomic mass is 16.6. The molecular formula is C17H20N4O3. The molecule has 1 aromatic heterocycles. The zero-order chi connectivity index (χ0) is 17.1. The van der Waals surface area contributed by atoms with E-state index in [4.69, 9.17) is 0 Å². The van der Waals surface area contributed by atoms with Crippen LogP contribution in [0.2, 0.25) is 0 Å². The second-order valence-corrected chi connectivity index (χ2v) is 5.97. The summed E-state index contributed by atoms with van der Waals surface area (Å²) in [7, 11) is 0. The van der Waals surface area contributed by atoms with Crippen molar-refractivity contribution in [2.24, 2.45) is 0 Å². The van der Waals surface area contributed by atoms with E-state index in [1.807, 2.05) is 17.0 Å². The van der Waals surface area contributed by atoms with Crippen molar-refractivity contribution in [2.75, 3.05) is 6.54 Å². The Morgan fingerprint density at radius 3 is 2.88 bits per heavy atom. The molecule has 0 bridgehead atoms. The van der Waals surface area contributed by atoms with Gasteiger partial charge in [-0.25, -0.2) is 0 Å². The van der Waals surface area contributed by atoms with Crippen molar-refractivity contribution in [3.05, 3.63) is 57.8 Å². The molecule has 0 saturated heterocycles. The fraction of sp³-hybridized carbons (Fsp3) is 0.412. The first kappa shape index (κ1) is 16.2. The van der Waals surface area contributed by atoms with Crippen molar-refractivity contribution >= 4 is 11.7 Å². The van der Waals surface area contributed by atoms with E-state index >= 15 is 0 Å². The van der Waals surface area contributed by atoms with Crippen molar-refractivity contribution < 1.29 is 9.72 Å². The normalized spacial score (nSPS) is 16.7. The van der Waals surface area contributed by atoms with Gasteiger partial charge in [0, 0.05) is 6.54 Å². The van der Waals surface area contributed by atoms with Crippen LogP contribution in [0.4, 0.5) is 5.82 Å². The minimum atomic E-state index is -0.558. The Kier molecular flexibility index (Phi) is 4.59. The van der Waals surface area contributed by atoms with Gasteiger partial charge in [0.15, 0.2) is 0 Å². The average Bonchev–Trinajstić information content (AvgIpc) is 3.04. The molecule has 7 heteroatoms. The van der Waals surface area contributed by atoms with Crippen LogP contribution in [0.3, 0.4) is 0 Å². The van der Waals surface area contributed by atoms with Crippen LogP contribution in [0.5, 0.6) is 0 Å². The minimum absolute atomic E-state index is 0.0240. The van der Waals surface area contributed by atoms with Crippen LogP contribution in [-0.4, -0.2) is 32.1 Å². The number of nitro groups is 1. The Morgan fingerprint density at radius 2 is 2.17 bits per heavy atom. The molecule has 0 saturated carbocycles. The number of benzene rings is 1. The van der Waals surface area contributed by atoms with Gasteiger partial charge in [-0.05, 0) is 28.9 Å². The third-order valence-corrected chi connectivity index (χ3v) is 4.41. The first-order valence-corrected chi connectivity index (χ1v) is 8.15. The SMILES string of the molecule is CCC[C@@H]1c2ccccc2CCN1C(=O)Cn1ccc([N+](=O)[O-])n1. The number of nitrogens with zero attached hydrogens (tertiary/aromatic N) is 4. The Labute approximate surface area is 140 Å². The van der Waals surface area contributed by atoms with Gasteiger partial charge in [-0.3, -0.25) is 4.79 Å². The molecule has 1 amide bonds. The lowest BCUT2D eigenvalue weighted by Gasteiger charge is -2.37. The highest BCUT2D eigenvalue weighted by Crippen LogP contribution is 2.33. The maximum atomic E-state index is 12.7. The third-order valence-electron chi connectivity index (χ3n) is 4.41. The first-order valence-electron chi connectivity index (χ1n) is 8.15. The van der Waals surface area contributed by atoms with E-state index in [2.05, 4.69) is 24.2 Å². The van der Waals surface area contributed by atoms with Crippen molar-refractivity contribution in [3.8, 4) is 0 Å². The van der Waals surface area contributed by atoms with E-state index < -0.39 is 4.92 Å². The van der Waals surface area contributed by atoms with Gasteiger partial charge in [-0.15, -0.1) is 0 Å². The van der Waals surface area contributed by atoms with Crippen LogP contribution in [0.1, 0.15) is 36.9 Å². The molecule has 1 aliphatic heterocycles. The number of carbonyl (C=O) groups is 1. The molecule has 0 unspecified atom stereocenters. The number of amides is 1. The molecule has 2 heterocycles. The lowest BCUT2D eigenvalue weighted by atomic mass is 9.90. The summed E-state index contributed by atoms with van der Waals surface area (Å²) in [5.41, 5.74) is 2.51. The molecule has 0 aliphatic carbocycles. The van der Waals surface area contributed by atoms with Crippen LogP contribution >= 0.6 is 0 Å². The van der Waals surface area contributed by atoms with Crippen molar-refractivity contribution in [1.82, 2.24) is 14.7 Å². The van der Waals surface area contributed by atoms with Crippen molar-refractivity contribution in [1.29, 1.82) is 0 Å². The van der Waals surface area contributed by atoms with Gasteiger partial charge in [0.1, 0.15) is 6.54 Å². The van der Waals surface area contributed by atoms with Crippen molar-refractivity contribution in [2.45, 2.75) is 38.8 Å². The molecule has 2 aromatic rings. The first-order chi connectivity index (χ1) is 11.6. The van der Waals surface area contributed by atoms with E-state index in [1.165, 1.54) is 28.1 Å². The highest BCUT2D eigenvalue weighted by molar-refractivity contribution is 5.77. The molecule has 0 fully saturated rings. The van der Waals surface area contributed by atoms with E-state index in [1.54, 1.807) is 0 Å². The monoisotopic (exact) mass is 328 g/mol. The summed E-state index contributed by atoms with van der Waals surface area (Å²) in [6.45, 7) is 2.80. The molecule has 3 rings (SSSR count). The molecule has 1 atom stereocenters. The minimum Gasteiger partial charge on any atom is -0.358 e. The zero-order valence-corrected chi connectivity index (χ0v) is 13.6. The Bertz CT molecular complexity index is 756. The maximum Gasteiger partial charge on any atom is 0.389 e. The molecule has 1 aromatic carbocycles. The molecular weight excluding hydrogens is 308 g/mol. The van der Waals surface area contributed by atoms with Gasteiger partial charge < -0.3 is 15.0 Å². The number of hydrogen-bond acceptors (Lipinski definition) is 4. The van der Waals surface area contributed by atoms with Crippen LogP contribution < -0.4 is 0 Å². The second kappa shape index (κ2) is 6.82. The summed E-state index contributed by atoms with van der Waals surface area (Å²) < 4.78 is 1.34. The third kappa shape index (κ3) is 3.15. The molecule has 0 N–H and O–H groups in total. The quantitative estimate of drug-likeness (QED) is 0.624. The van der Waals surface area contributed by atoms with E-state index in [-0.39, 0.29) is 24.3 Å². The van der Waals surface area contributed by atoms with Gasteiger partial charge in [0.25, 0.3) is 0 Å². The molecule has 1 aliphatic rings. The van der Waals surface area contributed by atoms with Gasteiger partial charge in [-0.2, -0.15) is 4.68 Å². The summed E-state index contributed by atoms with van der Waals surface area (Å²) in [5.74, 6) is -0.294. The Balaban J connectivity index is 1.79. The summed E-state index contributed by atoms with van der Waals surface area (Å²) >= 11 is 0. The largest absolute Gasteiger partial charge is 0.389 e. The van der Waals surface area contributed by atoms with Gasteiger partial charge in [0.05, 0.1) is 23.4 Å². The fourth-order valence-electron chi connectivity index (χ4n) is 3.30. The van der Waals surface area contributed by atoms with E-state index in [9.17, 15) is 14.9 Å². The lowest BCUT2D eigenvalue weighted by Crippen LogP contribution is -2.41. The highest BCUT2D eigenvalue weighted by Gasteiger charge is 2.30. The average molecular weight is 328 g/mol. The predicted octanol–water partition coefficient (Wildman–Crippen LogP) is 2.72. The smallest absolute Gasteiger partial charge is 0.358 e. The Morgan fingerprint density at radius 1 is 1.38 bits per heavy atom. The standard InChI is InChI=1S/C17H20N4O3/c1-2-5-15-14-7-4-3-6-13(14)8-11-20(15)17(22)12-19-10-9-16(18-19)21(23)24/h3-4,6-7,9-10,15H,2,5,8,11-12H2,1H3/t15-/m1/s1. The number of carbonyl (C=O) groups excluding carboxylic acids is 1. The summed E-state index contributed by atoms with van der Waals surface area (Å²) in [4.78, 5) is 24.8. The number of aromatic nitrogens is 2. The topological polar surface area (TPSA) is 81.3 Å². The zero-order valence-electron chi connectivity index (χ0n) is 13.6. The van der Waals surface area contributed by atoms with Gasteiger partial charge in [0.2, 0.25) is 5.91 Å². The van der Waals surface area contributed by atoms with Crippen LogP contribution in [0.25, 0.3) is 0 Å². The lowest BCUT2D eigenvalue weighted by molar-refractivity contribution is -0.389. The predicted molar refractivity (Wildman–Crippen MR) is 88.4 cm³/mol. The Hall–Kier alpha value is -2.70. The fourth-order valence-corrected chi connectivity index (χ4v) is 3.30. The molecule has 0 spiro atoms. The van der Waals surface area contributed by atoms with Gasteiger partial charge in [-0.1, -0.05) is 37.6 Å². The molecule has 126 valence electrons. The van der Waals surface area contributed by atoms with E-state index in [0.29, 0.717) is 6.54 Å². The number of hydrogen-bond donors (Lipinski definition) is 0. The summed E-state index contributed by atoms with van der Waals surface area (Å²) in [5, 5.41) is 14.5. The molecule has 7 nitrogen and oxygen atoms in total. The van der Waals surface area contributed by atoms with Crippen LogP contribution in [0.15, 0.2) is 36.5 Å². The molecule has 0 radical (unpaired) electrons. The summed E-state index contributed by atoms with van der Waals surface area (Å²) in [6, 6.07) is 9.62. The van der Waals surface area contributed by atoms with Gasteiger partial charge >= 0.3 is 5.82 Å². The maximum absolute atomic E-state index is 12.7. The van der Waals surface area contributed by atoms with Crippen LogP contribution in [-0.2, 0) is 17.8 Å².